The van der Waals surface area contributed by atoms with Crippen LogP contribution in [-0.2, 0) is 7.05 Å². The van der Waals surface area contributed by atoms with Gasteiger partial charge in [0.15, 0.2) is 0 Å². The third-order valence-corrected chi connectivity index (χ3v) is 4.23. The van der Waals surface area contributed by atoms with Crippen molar-refractivity contribution in [1.29, 1.82) is 0 Å². The van der Waals surface area contributed by atoms with Crippen LogP contribution >= 0.6 is 11.3 Å². The highest BCUT2D eigenvalue weighted by atomic mass is 32.1. The van der Waals surface area contributed by atoms with E-state index < -0.39 is 0 Å². The Hall–Kier alpha value is -1.72. The summed E-state index contributed by atoms with van der Waals surface area (Å²) < 4.78 is 3.28. The first-order chi connectivity index (χ1) is 9.79. The van der Waals surface area contributed by atoms with Crippen molar-refractivity contribution in [3.05, 3.63) is 47.5 Å². The highest BCUT2D eigenvalue weighted by Crippen LogP contribution is 2.25. The number of nitrogens with zero attached hydrogens (tertiary/aromatic N) is 3. The maximum Gasteiger partial charge on any atom is 0.130 e. The standard InChI is InChI=1S/C15H18N4S/c1-3-5-16-14(15-17-6-7-19(15)2)11-9-13-12(18-10-11)4-8-20-13/h4,6-10,14,16H,3,5H2,1-2H3. The second-order valence-electron chi connectivity index (χ2n) is 4.86. The lowest BCUT2D eigenvalue weighted by molar-refractivity contribution is 0.555. The van der Waals surface area contributed by atoms with Crippen LogP contribution in [0.15, 0.2) is 36.1 Å². The Morgan fingerprint density at radius 3 is 3.05 bits per heavy atom. The van der Waals surface area contributed by atoms with Gasteiger partial charge in [-0.25, -0.2) is 4.98 Å². The molecular formula is C15H18N4S. The van der Waals surface area contributed by atoms with Gasteiger partial charge >= 0.3 is 0 Å². The van der Waals surface area contributed by atoms with Crippen molar-refractivity contribution in [3.8, 4) is 0 Å². The number of fused-ring (bicyclic) bond motifs is 1. The van der Waals surface area contributed by atoms with Crippen LogP contribution in [0.4, 0.5) is 0 Å². The minimum atomic E-state index is 0.0916. The lowest BCUT2D eigenvalue weighted by Crippen LogP contribution is -2.25. The smallest absolute Gasteiger partial charge is 0.130 e. The Morgan fingerprint density at radius 2 is 2.30 bits per heavy atom. The number of thiophene rings is 1. The summed E-state index contributed by atoms with van der Waals surface area (Å²) in [6.45, 7) is 3.13. The number of rotatable bonds is 5. The van der Waals surface area contributed by atoms with Crippen molar-refractivity contribution in [1.82, 2.24) is 19.9 Å². The molecule has 0 amide bonds. The first-order valence-electron chi connectivity index (χ1n) is 6.83. The molecule has 1 atom stereocenters. The summed E-state index contributed by atoms with van der Waals surface area (Å²) >= 11 is 1.73. The Balaban J connectivity index is 2.01. The van der Waals surface area contributed by atoms with E-state index in [2.05, 4.69) is 44.3 Å². The SMILES string of the molecule is CCCNC(c1cnc2ccsc2c1)c1nccn1C. The fraction of sp³-hybridized carbons (Fsp3) is 0.333. The number of nitrogens with one attached hydrogen (secondary N) is 1. The predicted octanol–water partition coefficient (Wildman–Crippen LogP) is 3.12. The third-order valence-electron chi connectivity index (χ3n) is 3.37. The summed E-state index contributed by atoms with van der Waals surface area (Å²) in [4.78, 5) is 9.03. The van der Waals surface area contributed by atoms with Gasteiger partial charge in [0.2, 0.25) is 0 Å². The number of hydrogen-bond acceptors (Lipinski definition) is 4. The third kappa shape index (κ3) is 2.46. The molecule has 3 rings (SSSR count). The first kappa shape index (κ1) is 13.3. The van der Waals surface area contributed by atoms with Crippen molar-refractivity contribution in [2.45, 2.75) is 19.4 Å². The van der Waals surface area contributed by atoms with Gasteiger partial charge in [0.1, 0.15) is 5.82 Å². The van der Waals surface area contributed by atoms with E-state index in [0.29, 0.717) is 0 Å². The van der Waals surface area contributed by atoms with E-state index in [1.54, 1.807) is 11.3 Å². The van der Waals surface area contributed by atoms with Gasteiger partial charge in [0, 0.05) is 25.6 Å². The van der Waals surface area contributed by atoms with Gasteiger partial charge in [-0.3, -0.25) is 4.98 Å². The van der Waals surface area contributed by atoms with E-state index in [4.69, 9.17) is 0 Å². The van der Waals surface area contributed by atoms with E-state index in [1.807, 2.05) is 25.6 Å². The molecule has 5 heteroatoms. The van der Waals surface area contributed by atoms with Crippen LogP contribution in [0.5, 0.6) is 0 Å². The summed E-state index contributed by atoms with van der Waals surface area (Å²) in [7, 11) is 2.03. The Morgan fingerprint density at radius 1 is 1.40 bits per heavy atom. The molecule has 0 saturated carbocycles. The molecule has 0 spiro atoms. The van der Waals surface area contributed by atoms with Crippen molar-refractivity contribution in [2.24, 2.45) is 7.05 Å². The summed E-state index contributed by atoms with van der Waals surface area (Å²) in [5.74, 6) is 1.02. The minimum absolute atomic E-state index is 0.0916. The molecule has 3 aromatic heterocycles. The molecule has 0 aliphatic carbocycles. The van der Waals surface area contributed by atoms with E-state index >= 15 is 0 Å². The quantitative estimate of drug-likeness (QED) is 0.783. The highest BCUT2D eigenvalue weighted by Gasteiger charge is 2.18. The van der Waals surface area contributed by atoms with E-state index in [-0.39, 0.29) is 6.04 Å². The predicted molar refractivity (Wildman–Crippen MR) is 83.0 cm³/mol. The summed E-state index contributed by atoms with van der Waals surface area (Å²) in [5, 5.41) is 5.65. The van der Waals surface area contributed by atoms with Gasteiger partial charge in [0.05, 0.1) is 16.3 Å². The monoisotopic (exact) mass is 286 g/mol. The van der Waals surface area contributed by atoms with Gasteiger partial charge in [-0.15, -0.1) is 11.3 Å². The fourth-order valence-corrected chi connectivity index (χ4v) is 3.11. The molecule has 3 heterocycles. The van der Waals surface area contributed by atoms with E-state index in [1.165, 1.54) is 10.3 Å². The second kappa shape index (κ2) is 5.73. The highest BCUT2D eigenvalue weighted by molar-refractivity contribution is 7.17. The molecule has 4 nitrogen and oxygen atoms in total. The summed E-state index contributed by atoms with van der Waals surface area (Å²) in [5.41, 5.74) is 2.23. The lowest BCUT2D eigenvalue weighted by atomic mass is 10.1. The molecule has 0 saturated heterocycles. The van der Waals surface area contributed by atoms with Crippen LogP contribution in [0.2, 0.25) is 0 Å². The first-order valence-corrected chi connectivity index (χ1v) is 7.71. The number of pyridine rings is 1. The fourth-order valence-electron chi connectivity index (χ4n) is 2.32. The van der Waals surface area contributed by atoms with E-state index in [0.717, 1.165) is 24.3 Å². The molecule has 3 aromatic rings. The molecule has 0 bridgehead atoms. The molecule has 104 valence electrons. The maximum absolute atomic E-state index is 4.54. The molecule has 0 aliphatic heterocycles. The van der Waals surface area contributed by atoms with E-state index in [9.17, 15) is 0 Å². The molecular weight excluding hydrogens is 268 g/mol. The Bertz CT molecular complexity index is 701. The van der Waals surface area contributed by atoms with Crippen molar-refractivity contribution >= 4 is 21.6 Å². The van der Waals surface area contributed by atoms with Gasteiger partial charge in [-0.1, -0.05) is 6.92 Å². The van der Waals surface area contributed by atoms with Crippen LogP contribution in [0.25, 0.3) is 10.2 Å². The van der Waals surface area contributed by atoms with Crippen LogP contribution in [0.3, 0.4) is 0 Å². The average Bonchev–Trinajstić information content (AvgIpc) is 3.08. The van der Waals surface area contributed by atoms with Crippen molar-refractivity contribution in [2.75, 3.05) is 6.54 Å². The largest absolute Gasteiger partial charge is 0.336 e. The number of aryl methyl sites for hydroxylation is 1. The van der Waals surface area contributed by atoms with Crippen LogP contribution < -0.4 is 5.32 Å². The second-order valence-corrected chi connectivity index (χ2v) is 5.80. The molecule has 1 unspecified atom stereocenters. The van der Waals surface area contributed by atoms with Crippen LogP contribution in [0, 0.1) is 0 Å². The topological polar surface area (TPSA) is 42.7 Å². The van der Waals surface area contributed by atoms with Crippen LogP contribution in [-0.4, -0.2) is 21.1 Å². The Kier molecular flexibility index (Phi) is 3.80. The number of imidazole rings is 1. The summed E-state index contributed by atoms with van der Waals surface area (Å²) in [6.07, 6.45) is 6.87. The minimum Gasteiger partial charge on any atom is -0.336 e. The molecule has 0 radical (unpaired) electrons. The molecule has 1 N–H and O–H groups in total. The zero-order valence-electron chi connectivity index (χ0n) is 11.7. The number of aromatic nitrogens is 3. The maximum atomic E-state index is 4.54. The lowest BCUT2D eigenvalue weighted by Gasteiger charge is -2.18. The van der Waals surface area contributed by atoms with Gasteiger partial charge in [-0.05, 0) is 36.0 Å². The van der Waals surface area contributed by atoms with Gasteiger partial charge in [-0.2, -0.15) is 0 Å². The van der Waals surface area contributed by atoms with Gasteiger partial charge < -0.3 is 9.88 Å². The van der Waals surface area contributed by atoms with Crippen LogP contribution in [0.1, 0.15) is 30.8 Å². The van der Waals surface area contributed by atoms with Crippen molar-refractivity contribution < 1.29 is 0 Å². The molecule has 0 aromatic carbocycles. The van der Waals surface area contributed by atoms with Crippen molar-refractivity contribution in [3.63, 3.8) is 0 Å². The zero-order chi connectivity index (χ0) is 13.9. The average molecular weight is 286 g/mol. The normalized spacial score (nSPS) is 12.9. The Labute approximate surface area is 122 Å². The molecule has 20 heavy (non-hydrogen) atoms. The molecule has 0 fully saturated rings. The van der Waals surface area contributed by atoms with Gasteiger partial charge in [0.25, 0.3) is 0 Å². The summed E-state index contributed by atoms with van der Waals surface area (Å²) in [6, 6.07) is 4.36. The molecule has 0 aliphatic rings. The number of hydrogen-bond donors (Lipinski definition) is 1. The zero-order valence-corrected chi connectivity index (χ0v) is 12.5.